The molecule has 0 spiro atoms. The van der Waals surface area contributed by atoms with Gasteiger partial charge >= 0.3 is 5.97 Å². The van der Waals surface area contributed by atoms with Crippen molar-refractivity contribution in [2.45, 2.75) is 18.4 Å². The molecule has 0 saturated carbocycles. The second-order valence-corrected chi connectivity index (χ2v) is 6.14. The molecule has 0 radical (unpaired) electrons. The fourth-order valence-electron chi connectivity index (χ4n) is 1.42. The molecule has 0 unspecified atom stereocenters. The third-order valence-electron chi connectivity index (χ3n) is 2.21. The first-order chi connectivity index (χ1) is 8.92. The Morgan fingerprint density at radius 1 is 1.58 bits per heavy atom. The molecular weight excluding hydrogens is 294 g/mol. The first-order valence-corrected chi connectivity index (χ1v) is 7.34. The minimum Gasteiger partial charge on any atom is -0.477 e. The number of thiophene rings is 1. The average molecular weight is 303 g/mol. The summed E-state index contributed by atoms with van der Waals surface area (Å²) in [7, 11) is -3.94. The van der Waals surface area contributed by atoms with E-state index in [9.17, 15) is 13.2 Å². The number of nitrogens with one attached hydrogen (secondary N) is 1. The normalized spacial score (nSPS) is 11.6. The highest BCUT2D eigenvalue weighted by molar-refractivity contribution is 7.89. The molecule has 0 amide bonds. The summed E-state index contributed by atoms with van der Waals surface area (Å²) in [6.07, 6.45) is 1.07. The third-order valence-corrected chi connectivity index (χ3v) is 5.01. The van der Waals surface area contributed by atoms with Crippen molar-refractivity contribution in [2.24, 2.45) is 0 Å². The Morgan fingerprint density at radius 2 is 2.32 bits per heavy atom. The standard InChI is InChI=1S/C9H9N3O5S2/c1-5-3-18-7(9(13)14)8(5)19(15,16)11-2-6-10-4-17-12-6/h3-4,11H,2H2,1H3,(H,13,14). The molecule has 0 aliphatic heterocycles. The smallest absolute Gasteiger partial charge is 0.347 e. The summed E-state index contributed by atoms with van der Waals surface area (Å²) in [6.45, 7) is 1.36. The molecular formula is C9H9N3O5S2. The molecule has 2 N–H and O–H groups in total. The maximum absolute atomic E-state index is 12.1. The van der Waals surface area contributed by atoms with E-state index < -0.39 is 16.0 Å². The highest BCUT2D eigenvalue weighted by atomic mass is 32.2. The number of aromatic carboxylic acids is 1. The van der Waals surface area contributed by atoms with Gasteiger partial charge in [0.15, 0.2) is 5.82 Å². The van der Waals surface area contributed by atoms with E-state index in [1.165, 1.54) is 12.3 Å². The number of carboxylic acids is 1. The minimum absolute atomic E-state index is 0.160. The van der Waals surface area contributed by atoms with Crippen LogP contribution in [0.3, 0.4) is 0 Å². The van der Waals surface area contributed by atoms with Crippen LogP contribution in [0.2, 0.25) is 0 Å². The van der Waals surface area contributed by atoms with E-state index in [4.69, 9.17) is 5.11 Å². The Kier molecular flexibility index (Phi) is 3.64. The number of carboxylic acid groups (broad SMARTS) is 1. The summed E-state index contributed by atoms with van der Waals surface area (Å²) in [6, 6.07) is 0. The van der Waals surface area contributed by atoms with Gasteiger partial charge in [0.1, 0.15) is 9.77 Å². The fourth-order valence-corrected chi connectivity index (χ4v) is 4.02. The maximum Gasteiger partial charge on any atom is 0.347 e. The van der Waals surface area contributed by atoms with E-state index in [-0.39, 0.29) is 22.1 Å². The van der Waals surface area contributed by atoms with Crippen LogP contribution in [-0.2, 0) is 16.6 Å². The van der Waals surface area contributed by atoms with Gasteiger partial charge in [0.2, 0.25) is 16.4 Å². The molecule has 0 aromatic carbocycles. The van der Waals surface area contributed by atoms with Crippen molar-refractivity contribution < 1.29 is 22.8 Å². The number of hydrogen-bond acceptors (Lipinski definition) is 7. The van der Waals surface area contributed by atoms with Crippen molar-refractivity contribution in [3.05, 3.63) is 28.0 Å². The fraction of sp³-hybridized carbons (Fsp3) is 0.222. The predicted octanol–water partition coefficient (Wildman–Crippen LogP) is 0.616. The van der Waals surface area contributed by atoms with Crippen molar-refractivity contribution in [2.75, 3.05) is 0 Å². The second kappa shape index (κ2) is 5.07. The van der Waals surface area contributed by atoms with Crippen molar-refractivity contribution in [3.63, 3.8) is 0 Å². The Bertz CT molecular complexity index is 690. The SMILES string of the molecule is Cc1csc(C(=O)O)c1S(=O)(=O)NCc1ncon1. The van der Waals surface area contributed by atoms with Gasteiger partial charge < -0.3 is 9.63 Å². The van der Waals surface area contributed by atoms with Gasteiger partial charge in [-0.25, -0.2) is 17.9 Å². The topological polar surface area (TPSA) is 122 Å². The van der Waals surface area contributed by atoms with Crippen molar-refractivity contribution >= 4 is 27.3 Å². The quantitative estimate of drug-likeness (QED) is 0.829. The van der Waals surface area contributed by atoms with Crippen LogP contribution in [0.15, 0.2) is 21.2 Å². The first-order valence-electron chi connectivity index (χ1n) is 4.98. The van der Waals surface area contributed by atoms with E-state index in [2.05, 4.69) is 19.4 Å². The number of hydrogen-bond donors (Lipinski definition) is 2. The Labute approximate surface area is 112 Å². The zero-order chi connectivity index (χ0) is 14.0. The van der Waals surface area contributed by atoms with Crippen LogP contribution in [0.1, 0.15) is 21.1 Å². The highest BCUT2D eigenvalue weighted by Gasteiger charge is 2.26. The lowest BCUT2D eigenvalue weighted by Crippen LogP contribution is -2.25. The molecule has 0 aliphatic rings. The van der Waals surface area contributed by atoms with E-state index in [1.54, 1.807) is 0 Å². The van der Waals surface area contributed by atoms with Gasteiger partial charge in [-0.3, -0.25) is 0 Å². The van der Waals surface area contributed by atoms with Crippen molar-refractivity contribution in [1.29, 1.82) is 0 Å². The van der Waals surface area contributed by atoms with Crippen LogP contribution in [0.4, 0.5) is 0 Å². The van der Waals surface area contributed by atoms with Crippen molar-refractivity contribution in [1.82, 2.24) is 14.9 Å². The van der Waals surface area contributed by atoms with E-state index in [0.29, 0.717) is 5.56 Å². The minimum atomic E-state index is -3.94. The van der Waals surface area contributed by atoms with E-state index in [0.717, 1.165) is 17.7 Å². The number of nitrogens with zero attached hydrogens (tertiary/aromatic N) is 2. The molecule has 19 heavy (non-hydrogen) atoms. The van der Waals surface area contributed by atoms with Gasteiger partial charge in [0.05, 0.1) is 6.54 Å². The highest BCUT2D eigenvalue weighted by Crippen LogP contribution is 2.26. The van der Waals surface area contributed by atoms with Gasteiger partial charge in [0.25, 0.3) is 0 Å². The van der Waals surface area contributed by atoms with Gasteiger partial charge in [0, 0.05) is 0 Å². The van der Waals surface area contributed by atoms with Crippen molar-refractivity contribution in [3.8, 4) is 0 Å². The van der Waals surface area contributed by atoms with Crippen LogP contribution >= 0.6 is 11.3 Å². The van der Waals surface area contributed by atoms with Crippen LogP contribution < -0.4 is 4.72 Å². The summed E-state index contributed by atoms with van der Waals surface area (Å²) < 4.78 is 30.9. The monoisotopic (exact) mass is 303 g/mol. The van der Waals surface area contributed by atoms with Gasteiger partial charge in [-0.1, -0.05) is 5.16 Å². The zero-order valence-electron chi connectivity index (χ0n) is 9.65. The molecule has 0 saturated heterocycles. The maximum atomic E-state index is 12.1. The van der Waals surface area contributed by atoms with Crippen LogP contribution in [0.5, 0.6) is 0 Å². The molecule has 0 fully saturated rings. The summed E-state index contributed by atoms with van der Waals surface area (Å²) in [5, 5.41) is 13.9. The van der Waals surface area contributed by atoms with Crippen LogP contribution in [0, 0.1) is 6.92 Å². The summed E-state index contributed by atoms with van der Waals surface area (Å²) in [5.74, 6) is -1.12. The lowest BCUT2D eigenvalue weighted by Gasteiger charge is -2.05. The third kappa shape index (κ3) is 2.80. The number of carbonyl (C=O) groups is 1. The van der Waals surface area contributed by atoms with Gasteiger partial charge in [-0.05, 0) is 17.9 Å². The molecule has 2 aromatic rings. The molecule has 2 rings (SSSR count). The Morgan fingerprint density at radius 3 is 2.89 bits per heavy atom. The van der Waals surface area contributed by atoms with E-state index in [1.807, 2.05) is 0 Å². The zero-order valence-corrected chi connectivity index (χ0v) is 11.3. The Hall–Kier alpha value is -1.78. The molecule has 0 bridgehead atoms. The lowest BCUT2D eigenvalue weighted by molar-refractivity contribution is 0.0698. The van der Waals surface area contributed by atoms with Gasteiger partial charge in [-0.15, -0.1) is 11.3 Å². The molecule has 2 heterocycles. The second-order valence-electron chi connectivity index (χ2n) is 3.55. The first kappa shape index (κ1) is 13.6. The molecule has 102 valence electrons. The van der Waals surface area contributed by atoms with Gasteiger partial charge in [-0.2, -0.15) is 4.98 Å². The molecule has 8 nitrogen and oxygen atoms in total. The molecule has 0 aliphatic carbocycles. The Balaban J connectivity index is 2.29. The molecule has 2 aromatic heterocycles. The lowest BCUT2D eigenvalue weighted by atomic mass is 10.3. The van der Waals surface area contributed by atoms with E-state index >= 15 is 0 Å². The van der Waals surface area contributed by atoms with Crippen LogP contribution in [0.25, 0.3) is 0 Å². The molecule has 0 atom stereocenters. The number of aromatic nitrogens is 2. The predicted molar refractivity (Wildman–Crippen MR) is 64.3 cm³/mol. The molecule has 10 heteroatoms. The number of rotatable bonds is 5. The summed E-state index contributed by atoms with van der Waals surface area (Å²) in [5.41, 5.74) is 0.378. The number of sulfonamides is 1. The average Bonchev–Trinajstić information content (AvgIpc) is 2.95. The number of aryl methyl sites for hydroxylation is 1. The summed E-state index contributed by atoms with van der Waals surface area (Å²) >= 11 is 0.866. The van der Waals surface area contributed by atoms with Crippen LogP contribution in [-0.4, -0.2) is 29.6 Å². The summed E-state index contributed by atoms with van der Waals surface area (Å²) in [4.78, 5) is 14.2. The largest absolute Gasteiger partial charge is 0.477 e.